The summed E-state index contributed by atoms with van der Waals surface area (Å²) in [5, 5.41) is 13.0. The molecule has 3 aromatic carbocycles. The minimum absolute atomic E-state index is 0.175. The summed E-state index contributed by atoms with van der Waals surface area (Å²) in [6, 6.07) is 18.8. The second-order valence-electron chi connectivity index (χ2n) is 7.03. The summed E-state index contributed by atoms with van der Waals surface area (Å²) in [6.45, 7) is 0.361. The number of fused-ring (bicyclic) bond motifs is 1. The predicted molar refractivity (Wildman–Crippen MR) is 108 cm³/mol. The molecule has 0 heterocycles. The summed E-state index contributed by atoms with van der Waals surface area (Å²) in [6.07, 6.45) is -1.19. The van der Waals surface area contributed by atoms with E-state index in [1.807, 2.05) is 48.5 Å². The lowest BCUT2D eigenvalue weighted by Gasteiger charge is -2.18. The van der Waals surface area contributed by atoms with Crippen LogP contribution in [0.3, 0.4) is 0 Å². The Kier molecular flexibility index (Phi) is 5.29. The number of aliphatic hydroxyl groups is 1. The third-order valence-electron chi connectivity index (χ3n) is 5.11. The highest BCUT2D eigenvalue weighted by atomic mass is 19.1. The molecule has 0 spiro atoms. The number of carbonyl (C=O) groups is 1. The maximum absolute atomic E-state index is 14.5. The largest absolute Gasteiger partial charge is 0.413 e. The van der Waals surface area contributed by atoms with Crippen LogP contribution < -0.4 is 15.8 Å². The number of hydrogen-bond donors (Lipinski definition) is 3. The van der Waals surface area contributed by atoms with Crippen LogP contribution in [0, 0.1) is 5.82 Å². The number of nitrogens with one attached hydrogen (secondary N) is 1. The highest BCUT2D eigenvalue weighted by Gasteiger charge is 2.33. The van der Waals surface area contributed by atoms with E-state index in [-0.39, 0.29) is 5.75 Å². The van der Waals surface area contributed by atoms with E-state index < -0.39 is 24.1 Å². The summed E-state index contributed by atoms with van der Waals surface area (Å²) in [7, 11) is 0. The number of rotatable bonds is 4. The zero-order valence-electron chi connectivity index (χ0n) is 15.6. The molecule has 4 rings (SSSR count). The highest BCUT2D eigenvalue weighted by Crippen LogP contribution is 2.33. The molecule has 5 nitrogen and oxygen atoms in total. The van der Waals surface area contributed by atoms with Gasteiger partial charge in [0.25, 0.3) is 0 Å². The molecule has 0 radical (unpaired) electrons. The molecule has 6 heteroatoms. The van der Waals surface area contributed by atoms with Crippen molar-refractivity contribution in [3.63, 3.8) is 0 Å². The smallest absolute Gasteiger partial charge is 0.407 e. The first-order chi connectivity index (χ1) is 14.0. The van der Waals surface area contributed by atoms with E-state index in [9.17, 15) is 14.3 Å². The van der Waals surface area contributed by atoms with Crippen molar-refractivity contribution in [3.8, 4) is 16.9 Å². The molecule has 0 saturated carbocycles. The lowest BCUT2D eigenvalue weighted by atomic mass is 10.0. The van der Waals surface area contributed by atoms with Crippen molar-refractivity contribution in [1.82, 2.24) is 5.32 Å². The number of aliphatic hydroxyl groups excluding tert-OH is 1. The first kappa shape index (κ1) is 19.1. The van der Waals surface area contributed by atoms with Gasteiger partial charge in [-0.05, 0) is 39.9 Å². The van der Waals surface area contributed by atoms with Gasteiger partial charge in [-0.3, -0.25) is 0 Å². The molecule has 0 aliphatic heterocycles. The second-order valence-corrected chi connectivity index (χ2v) is 7.03. The maximum Gasteiger partial charge on any atom is 0.413 e. The molecule has 0 bridgehead atoms. The van der Waals surface area contributed by atoms with Crippen molar-refractivity contribution < 1.29 is 19.0 Å². The molecule has 0 unspecified atom stereocenters. The number of halogens is 1. The van der Waals surface area contributed by atoms with Gasteiger partial charge in [0.05, 0.1) is 12.1 Å². The van der Waals surface area contributed by atoms with Gasteiger partial charge in [-0.1, -0.05) is 54.6 Å². The number of nitrogens with two attached hydrogens (primary N) is 1. The minimum atomic E-state index is -0.827. The maximum atomic E-state index is 14.5. The van der Waals surface area contributed by atoms with Crippen molar-refractivity contribution in [2.75, 3.05) is 0 Å². The molecule has 0 aromatic heterocycles. The van der Waals surface area contributed by atoms with Crippen molar-refractivity contribution >= 4 is 6.09 Å². The summed E-state index contributed by atoms with van der Waals surface area (Å²) < 4.78 is 19.6. The Balaban J connectivity index is 1.48. The molecule has 0 saturated heterocycles. The van der Waals surface area contributed by atoms with Gasteiger partial charge in [0.15, 0.2) is 11.6 Å². The van der Waals surface area contributed by atoms with Crippen LogP contribution in [-0.2, 0) is 13.0 Å². The van der Waals surface area contributed by atoms with E-state index in [0.717, 1.165) is 22.3 Å². The molecular weight excluding hydrogens is 371 g/mol. The summed E-state index contributed by atoms with van der Waals surface area (Å²) >= 11 is 0. The fraction of sp³-hybridized carbons (Fsp3) is 0.174. The van der Waals surface area contributed by atoms with Gasteiger partial charge in [0.1, 0.15) is 0 Å². The van der Waals surface area contributed by atoms with E-state index in [2.05, 4.69) is 5.32 Å². The number of benzene rings is 3. The van der Waals surface area contributed by atoms with Crippen LogP contribution in [0.25, 0.3) is 11.1 Å². The molecule has 29 heavy (non-hydrogen) atoms. The van der Waals surface area contributed by atoms with Gasteiger partial charge >= 0.3 is 6.09 Å². The summed E-state index contributed by atoms with van der Waals surface area (Å²) in [5.74, 6) is -0.815. The van der Waals surface area contributed by atoms with Crippen LogP contribution in [0.4, 0.5) is 9.18 Å². The first-order valence-corrected chi connectivity index (χ1v) is 9.38. The van der Waals surface area contributed by atoms with Gasteiger partial charge in [-0.25, -0.2) is 9.18 Å². The fourth-order valence-corrected chi connectivity index (χ4v) is 3.62. The Morgan fingerprint density at radius 2 is 1.90 bits per heavy atom. The van der Waals surface area contributed by atoms with Crippen molar-refractivity contribution in [2.45, 2.75) is 25.1 Å². The average molecular weight is 392 g/mol. The molecule has 1 aliphatic carbocycles. The molecular formula is C23H21FN2O3. The first-order valence-electron chi connectivity index (χ1n) is 9.38. The SMILES string of the molecule is NCc1ccc2c(c1)[C@@H](NC(=O)Oc1ccc(-c3ccccc3)cc1F)[C@H](O)C2. The van der Waals surface area contributed by atoms with Crippen molar-refractivity contribution in [1.29, 1.82) is 0 Å². The van der Waals surface area contributed by atoms with Crippen molar-refractivity contribution in [3.05, 3.63) is 89.2 Å². The number of hydrogen-bond acceptors (Lipinski definition) is 4. The monoisotopic (exact) mass is 392 g/mol. The minimum Gasteiger partial charge on any atom is -0.407 e. The summed E-state index contributed by atoms with van der Waals surface area (Å²) in [4.78, 5) is 12.3. The van der Waals surface area contributed by atoms with E-state index in [4.69, 9.17) is 10.5 Å². The predicted octanol–water partition coefficient (Wildman–Crippen LogP) is 3.70. The Morgan fingerprint density at radius 1 is 1.10 bits per heavy atom. The van der Waals surface area contributed by atoms with Gasteiger partial charge in [-0.15, -0.1) is 0 Å². The lowest BCUT2D eigenvalue weighted by molar-refractivity contribution is 0.133. The third-order valence-corrected chi connectivity index (χ3v) is 5.11. The molecule has 1 amide bonds. The van der Waals surface area contributed by atoms with Crippen LogP contribution in [-0.4, -0.2) is 17.3 Å². The van der Waals surface area contributed by atoms with Crippen LogP contribution in [0.5, 0.6) is 5.75 Å². The molecule has 1 aliphatic rings. The molecule has 0 fully saturated rings. The molecule has 148 valence electrons. The Morgan fingerprint density at radius 3 is 2.62 bits per heavy atom. The van der Waals surface area contributed by atoms with Crippen LogP contribution in [0.15, 0.2) is 66.7 Å². The van der Waals surface area contributed by atoms with E-state index in [0.29, 0.717) is 18.5 Å². The van der Waals surface area contributed by atoms with Crippen LogP contribution in [0.2, 0.25) is 0 Å². The lowest BCUT2D eigenvalue weighted by Crippen LogP contribution is -2.36. The molecule has 4 N–H and O–H groups in total. The van der Waals surface area contributed by atoms with E-state index in [1.54, 1.807) is 6.07 Å². The second kappa shape index (κ2) is 8.03. The normalized spacial score (nSPS) is 17.6. The zero-order valence-corrected chi connectivity index (χ0v) is 15.6. The number of amides is 1. The van der Waals surface area contributed by atoms with E-state index >= 15 is 0 Å². The van der Waals surface area contributed by atoms with Gasteiger partial charge in [0.2, 0.25) is 0 Å². The standard InChI is InChI=1S/C23H21FN2O3/c24-19-11-16(15-4-2-1-3-5-15)8-9-21(19)29-23(28)26-22-18-10-14(13-25)6-7-17(18)12-20(22)27/h1-11,20,22,27H,12-13,25H2,(H,26,28)/t20-,22-/m1/s1. The fourth-order valence-electron chi connectivity index (χ4n) is 3.62. The van der Waals surface area contributed by atoms with Gasteiger partial charge < -0.3 is 20.9 Å². The topological polar surface area (TPSA) is 84.6 Å². The Labute approximate surface area is 167 Å². The number of ether oxygens (including phenoxy) is 1. The zero-order chi connectivity index (χ0) is 20.4. The van der Waals surface area contributed by atoms with Crippen molar-refractivity contribution in [2.24, 2.45) is 5.73 Å². The molecule has 3 aromatic rings. The van der Waals surface area contributed by atoms with Gasteiger partial charge in [-0.2, -0.15) is 0 Å². The summed E-state index contributed by atoms with van der Waals surface area (Å²) in [5.41, 5.74) is 9.88. The van der Waals surface area contributed by atoms with E-state index in [1.165, 1.54) is 12.1 Å². The van der Waals surface area contributed by atoms with Crippen LogP contribution >= 0.6 is 0 Å². The van der Waals surface area contributed by atoms with Gasteiger partial charge in [0, 0.05) is 13.0 Å². The Hall–Kier alpha value is -3.22. The number of carbonyl (C=O) groups excluding carboxylic acids is 1. The molecule has 2 atom stereocenters. The highest BCUT2D eigenvalue weighted by molar-refractivity contribution is 5.72. The average Bonchev–Trinajstić information content (AvgIpc) is 3.04. The Bertz CT molecular complexity index is 1040. The van der Waals surface area contributed by atoms with Crippen LogP contribution in [0.1, 0.15) is 22.7 Å². The quantitative estimate of drug-likeness (QED) is 0.632. The third kappa shape index (κ3) is 3.99.